The molecule has 0 aliphatic carbocycles. The second kappa shape index (κ2) is 6.79. The molecule has 0 saturated heterocycles. The Kier molecular flexibility index (Phi) is 5.36. The zero-order valence-corrected chi connectivity index (χ0v) is 10.8. The van der Waals surface area contributed by atoms with E-state index >= 15 is 0 Å². The third-order valence-electron chi connectivity index (χ3n) is 2.79. The van der Waals surface area contributed by atoms with Gasteiger partial charge in [0.2, 0.25) is 5.91 Å². The monoisotopic (exact) mass is 249 g/mol. The van der Waals surface area contributed by atoms with Gasteiger partial charge < -0.3 is 10.4 Å². The van der Waals surface area contributed by atoms with Crippen molar-refractivity contribution in [1.82, 2.24) is 5.32 Å². The fraction of sp³-hybridized carbons (Fsp3) is 0.429. The summed E-state index contributed by atoms with van der Waals surface area (Å²) in [5.41, 5.74) is 2.24. The van der Waals surface area contributed by atoms with Crippen LogP contribution in [0.15, 0.2) is 24.3 Å². The van der Waals surface area contributed by atoms with Gasteiger partial charge in [-0.3, -0.25) is 9.59 Å². The van der Waals surface area contributed by atoms with Crippen LogP contribution in [0.3, 0.4) is 0 Å². The highest BCUT2D eigenvalue weighted by Crippen LogP contribution is 2.07. The molecule has 0 saturated carbocycles. The summed E-state index contributed by atoms with van der Waals surface area (Å²) in [6, 6.07) is 7.98. The van der Waals surface area contributed by atoms with Gasteiger partial charge in [0.25, 0.3) is 0 Å². The number of amides is 1. The Morgan fingerprint density at radius 2 is 1.78 bits per heavy atom. The van der Waals surface area contributed by atoms with Crippen molar-refractivity contribution in [2.24, 2.45) is 5.92 Å². The van der Waals surface area contributed by atoms with Gasteiger partial charge in [0.05, 0.1) is 0 Å². The summed E-state index contributed by atoms with van der Waals surface area (Å²) in [5, 5.41) is 11.3. The molecule has 0 spiro atoms. The SMILES string of the molecule is CCCc1ccc(CNC(=O)C(C)C(=O)O)cc1. The molecule has 0 radical (unpaired) electrons. The molecule has 1 aromatic carbocycles. The number of carboxylic acid groups (broad SMARTS) is 1. The molecule has 18 heavy (non-hydrogen) atoms. The molecule has 1 amide bonds. The summed E-state index contributed by atoms with van der Waals surface area (Å²) >= 11 is 0. The van der Waals surface area contributed by atoms with E-state index in [1.165, 1.54) is 12.5 Å². The molecule has 1 rings (SSSR count). The highest BCUT2D eigenvalue weighted by Gasteiger charge is 2.19. The van der Waals surface area contributed by atoms with Gasteiger partial charge in [-0.05, 0) is 24.5 Å². The highest BCUT2D eigenvalue weighted by molar-refractivity contribution is 5.96. The number of carbonyl (C=O) groups is 2. The van der Waals surface area contributed by atoms with Crippen LogP contribution in [0.1, 0.15) is 31.4 Å². The fourth-order valence-corrected chi connectivity index (χ4v) is 1.57. The molecule has 0 bridgehead atoms. The van der Waals surface area contributed by atoms with E-state index in [-0.39, 0.29) is 0 Å². The maximum Gasteiger partial charge on any atom is 0.315 e. The van der Waals surface area contributed by atoms with Crippen molar-refractivity contribution >= 4 is 11.9 Å². The summed E-state index contributed by atoms with van der Waals surface area (Å²) in [6.07, 6.45) is 2.15. The summed E-state index contributed by atoms with van der Waals surface area (Å²) in [7, 11) is 0. The van der Waals surface area contributed by atoms with E-state index in [0.717, 1.165) is 18.4 Å². The van der Waals surface area contributed by atoms with Gasteiger partial charge in [0.15, 0.2) is 0 Å². The summed E-state index contributed by atoms with van der Waals surface area (Å²) in [5.74, 6) is -2.57. The van der Waals surface area contributed by atoms with Crippen molar-refractivity contribution in [3.63, 3.8) is 0 Å². The first-order chi connectivity index (χ1) is 8.54. The Balaban J connectivity index is 2.48. The van der Waals surface area contributed by atoms with Crippen molar-refractivity contribution in [2.45, 2.75) is 33.2 Å². The first-order valence-corrected chi connectivity index (χ1v) is 6.13. The first-order valence-electron chi connectivity index (χ1n) is 6.13. The number of hydrogen-bond donors (Lipinski definition) is 2. The molecule has 0 aliphatic heterocycles. The second-order valence-corrected chi connectivity index (χ2v) is 4.34. The van der Waals surface area contributed by atoms with Crippen LogP contribution in [0.2, 0.25) is 0 Å². The Bertz CT molecular complexity index is 412. The molecule has 0 fully saturated rings. The zero-order chi connectivity index (χ0) is 13.5. The number of nitrogens with one attached hydrogen (secondary N) is 1. The van der Waals surface area contributed by atoms with Gasteiger partial charge >= 0.3 is 5.97 Å². The van der Waals surface area contributed by atoms with Crippen LogP contribution in [0.5, 0.6) is 0 Å². The molecular formula is C14H19NO3. The standard InChI is InChI=1S/C14H19NO3/c1-3-4-11-5-7-12(8-6-11)9-15-13(16)10(2)14(17)18/h5-8,10H,3-4,9H2,1-2H3,(H,15,16)(H,17,18). The Morgan fingerprint density at radius 1 is 1.22 bits per heavy atom. The quantitative estimate of drug-likeness (QED) is 0.757. The number of hydrogen-bond acceptors (Lipinski definition) is 2. The van der Waals surface area contributed by atoms with E-state index in [1.807, 2.05) is 24.3 Å². The molecule has 0 aliphatic rings. The van der Waals surface area contributed by atoms with Gasteiger partial charge in [-0.15, -0.1) is 0 Å². The first kappa shape index (κ1) is 14.2. The van der Waals surface area contributed by atoms with Crippen molar-refractivity contribution in [2.75, 3.05) is 0 Å². The minimum atomic E-state index is -1.11. The van der Waals surface area contributed by atoms with E-state index in [4.69, 9.17) is 5.11 Å². The third-order valence-corrected chi connectivity index (χ3v) is 2.79. The molecule has 1 unspecified atom stereocenters. The maximum atomic E-state index is 11.4. The van der Waals surface area contributed by atoms with Crippen LogP contribution < -0.4 is 5.32 Å². The molecule has 1 aromatic rings. The minimum Gasteiger partial charge on any atom is -0.481 e. The van der Waals surface area contributed by atoms with E-state index < -0.39 is 17.8 Å². The van der Waals surface area contributed by atoms with Gasteiger partial charge in [0.1, 0.15) is 5.92 Å². The number of benzene rings is 1. The maximum absolute atomic E-state index is 11.4. The van der Waals surface area contributed by atoms with Crippen LogP contribution in [0.25, 0.3) is 0 Å². The van der Waals surface area contributed by atoms with Gasteiger partial charge in [0, 0.05) is 6.54 Å². The van der Waals surface area contributed by atoms with Crippen LogP contribution >= 0.6 is 0 Å². The number of rotatable bonds is 6. The largest absolute Gasteiger partial charge is 0.481 e. The zero-order valence-electron chi connectivity index (χ0n) is 10.8. The molecule has 4 heteroatoms. The normalized spacial score (nSPS) is 11.9. The van der Waals surface area contributed by atoms with E-state index in [0.29, 0.717) is 6.54 Å². The molecule has 1 atom stereocenters. The van der Waals surface area contributed by atoms with E-state index in [9.17, 15) is 9.59 Å². The van der Waals surface area contributed by atoms with Gasteiger partial charge in [-0.2, -0.15) is 0 Å². The van der Waals surface area contributed by atoms with Crippen molar-refractivity contribution in [3.8, 4) is 0 Å². The number of carboxylic acids is 1. The van der Waals surface area contributed by atoms with E-state index in [2.05, 4.69) is 12.2 Å². The van der Waals surface area contributed by atoms with Gasteiger partial charge in [-0.25, -0.2) is 0 Å². The smallest absolute Gasteiger partial charge is 0.315 e. The summed E-state index contributed by atoms with van der Waals surface area (Å²) in [4.78, 5) is 22.0. The summed E-state index contributed by atoms with van der Waals surface area (Å²) < 4.78 is 0. The molecule has 0 aromatic heterocycles. The Hall–Kier alpha value is -1.84. The number of aliphatic carboxylic acids is 1. The topological polar surface area (TPSA) is 66.4 Å². The average molecular weight is 249 g/mol. The lowest BCUT2D eigenvalue weighted by Crippen LogP contribution is -2.33. The fourth-order valence-electron chi connectivity index (χ4n) is 1.57. The van der Waals surface area contributed by atoms with Crippen molar-refractivity contribution in [1.29, 1.82) is 0 Å². The lowest BCUT2D eigenvalue weighted by atomic mass is 10.1. The molecule has 0 heterocycles. The summed E-state index contributed by atoms with van der Waals surface area (Å²) in [6.45, 7) is 3.87. The van der Waals surface area contributed by atoms with Crippen LogP contribution in [-0.2, 0) is 22.6 Å². The van der Waals surface area contributed by atoms with Crippen LogP contribution in [0, 0.1) is 5.92 Å². The molecular weight excluding hydrogens is 230 g/mol. The average Bonchev–Trinajstić information content (AvgIpc) is 2.37. The lowest BCUT2D eigenvalue weighted by molar-refractivity contribution is -0.146. The predicted molar refractivity (Wildman–Crippen MR) is 69.1 cm³/mol. The Morgan fingerprint density at radius 3 is 2.28 bits per heavy atom. The van der Waals surface area contributed by atoms with Crippen LogP contribution in [-0.4, -0.2) is 17.0 Å². The Labute approximate surface area is 107 Å². The minimum absolute atomic E-state index is 0.364. The van der Waals surface area contributed by atoms with E-state index in [1.54, 1.807) is 0 Å². The predicted octanol–water partition coefficient (Wildman–Crippen LogP) is 1.98. The second-order valence-electron chi connectivity index (χ2n) is 4.34. The van der Waals surface area contributed by atoms with Crippen molar-refractivity contribution < 1.29 is 14.7 Å². The van der Waals surface area contributed by atoms with Crippen molar-refractivity contribution in [3.05, 3.63) is 35.4 Å². The number of carbonyl (C=O) groups excluding carboxylic acids is 1. The third kappa shape index (κ3) is 4.20. The highest BCUT2D eigenvalue weighted by atomic mass is 16.4. The molecule has 4 nitrogen and oxygen atoms in total. The lowest BCUT2D eigenvalue weighted by Gasteiger charge is -2.08. The molecule has 2 N–H and O–H groups in total. The van der Waals surface area contributed by atoms with Crippen LogP contribution in [0.4, 0.5) is 0 Å². The van der Waals surface area contributed by atoms with Gasteiger partial charge in [-0.1, -0.05) is 37.6 Å². The number of aryl methyl sites for hydroxylation is 1. The molecule has 98 valence electrons.